The summed E-state index contributed by atoms with van der Waals surface area (Å²) in [5, 5.41) is 2.95. The van der Waals surface area contributed by atoms with E-state index < -0.39 is 0 Å². The quantitative estimate of drug-likeness (QED) is 0.787. The summed E-state index contributed by atoms with van der Waals surface area (Å²) < 4.78 is 0. The first kappa shape index (κ1) is 14.1. The lowest BCUT2D eigenvalue weighted by molar-refractivity contribution is -0.120. The van der Waals surface area contributed by atoms with Gasteiger partial charge in [0.25, 0.3) is 0 Å². The third-order valence-corrected chi connectivity index (χ3v) is 3.31. The Morgan fingerprint density at radius 1 is 1.29 bits per heavy atom. The lowest BCUT2D eigenvalue weighted by atomic mass is 10.1. The molecule has 0 aliphatic carbocycles. The van der Waals surface area contributed by atoms with E-state index in [0.717, 1.165) is 18.5 Å². The fourth-order valence-corrected chi connectivity index (χ4v) is 1.90. The second kappa shape index (κ2) is 7.38. The van der Waals surface area contributed by atoms with E-state index in [2.05, 4.69) is 31.3 Å². The number of thioether (sulfide) groups is 1. The Morgan fingerprint density at radius 3 is 2.47 bits per heavy atom. The van der Waals surface area contributed by atoms with Gasteiger partial charge in [0, 0.05) is 11.4 Å². The van der Waals surface area contributed by atoms with Crippen molar-refractivity contribution in [1.29, 1.82) is 0 Å². The van der Waals surface area contributed by atoms with Crippen LogP contribution in [-0.4, -0.2) is 18.7 Å². The molecule has 3 heteroatoms. The summed E-state index contributed by atoms with van der Waals surface area (Å²) in [6, 6.07) is 8.16. The van der Waals surface area contributed by atoms with Crippen molar-refractivity contribution >= 4 is 17.7 Å². The molecule has 1 amide bonds. The highest BCUT2D eigenvalue weighted by molar-refractivity contribution is 7.98. The summed E-state index contributed by atoms with van der Waals surface area (Å²) in [7, 11) is 0. The highest BCUT2D eigenvalue weighted by Crippen LogP contribution is 2.14. The summed E-state index contributed by atoms with van der Waals surface area (Å²) >= 11 is 1.71. The molecule has 1 N–H and O–H groups in total. The zero-order valence-corrected chi connectivity index (χ0v) is 11.6. The average Bonchev–Trinajstić information content (AvgIpc) is 2.29. The number of hydrogen-bond donors (Lipinski definition) is 1. The van der Waals surface area contributed by atoms with E-state index >= 15 is 0 Å². The van der Waals surface area contributed by atoms with Crippen molar-refractivity contribution in [2.75, 3.05) is 12.8 Å². The highest BCUT2D eigenvalue weighted by Gasteiger charge is 2.03. The molecular formula is C14H21NOS. The largest absolute Gasteiger partial charge is 0.356 e. The van der Waals surface area contributed by atoms with Gasteiger partial charge in [0.1, 0.15) is 0 Å². The molecule has 94 valence electrons. The molecule has 0 spiro atoms. The highest BCUT2D eigenvalue weighted by atomic mass is 32.2. The van der Waals surface area contributed by atoms with Crippen molar-refractivity contribution in [3.8, 4) is 0 Å². The third-order valence-electron chi connectivity index (χ3n) is 2.57. The summed E-state index contributed by atoms with van der Waals surface area (Å²) in [6.45, 7) is 5.10. The lowest BCUT2D eigenvalue weighted by Gasteiger charge is -2.07. The van der Waals surface area contributed by atoms with Gasteiger partial charge >= 0.3 is 0 Å². The summed E-state index contributed by atoms with van der Waals surface area (Å²) in [4.78, 5) is 12.9. The first-order chi connectivity index (χ1) is 8.11. The van der Waals surface area contributed by atoms with Crippen LogP contribution in [0.2, 0.25) is 0 Å². The Kier molecular flexibility index (Phi) is 6.12. The van der Waals surface area contributed by atoms with E-state index in [4.69, 9.17) is 0 Å². The van der Waals surface area contributed by atoms with Crippen LogP contribution in [0.5, 0.6) is 0 Å². The number of carbonyl (C=O) groups excluding carboxylic acids is 1. The van der Waals surface area contributed by atoms with Crippen molar-refractivity contribution < 1.29 is 4.79 Å². The minimum absolute atomic E-state index is 0.113. The van der Waals surface area contributed by atoms with Crippen LogP contribution in [0, 0.1) is 5.92 Å². The van der Waals surface area contributed by atoms with Gasteiger partial charge in [-0.3, -0.25) is 4.79 Å². The molecule has 0 aliphatic heterocycles. The Morgan fingerprint density at radius 2 is 1.94 bits per heavy atom. The summed E-state index contributed by atoms with van der Waals surface area (Å²) in [5.74, 6) is 0.749. The standard InChI is InChI=1S/C14H21NOS/c1-11(2)8-9-15-14(16)10-12-4-6-13(17-3)7-5-12/h4-7,11H,8-10H2,1-3H3,(H,15,16). The number of benzene rings is 1. The number of nitrogens with one attached hydrogen (secondary N) is 1. The minimum Gasteiger partial charge on any atom is -0.356 e. The lowest BCUT2D eigenvalue weighted by Crippen LogP contribution is -2.26. The van der Waals surface area contributed by atoms with E-state index in [1.165, 1.54) is 4.90 Å². The molecule has 0 unspecified atom stereocenters. The van der Waals surface area contributed by atoms with Gasteiger partial charge in [-0.05, 0) is 36.3 Å². The SMILES string of the molecule is CSc1ccc(CC(=O)NCCC(C)C)cc1. The molecule has 0 heterocycles. The zero-order valence-electron chi connectivity index (χ0n) is 10.8. The van der Waals surface area contributed by atoms with Crippen LogP contribution in [0.1, 0.15) is 25.8 Å². The Bertz CT molecular complexity index is 346. The van der Waals surface area contributed by atoms with Crippen molar-refractivity contribution in [3.05, 3.63) is 29.8 Å². The number of carbonyl (C=O) groups is 1. The average molecular weight is 251 g/mol. The maximum atomic E-state index is 11.6. The Hall–Kier alpha value is -0.960. The van der Waals surface area contributed by atoms with Gasteiger partial charge in [-0.15, -0.1) is 11.8 Å². The second-order valence-electron chi connectivity index (χ2n) is 4.56. The van der Waals surface area contributed by atoms with Gasteiger partial charge in [0.15, 0.2) is 0 Å². The van der Waals surface area contributed by atoms with Crippen LogP contribution >= 0.6 is 11.8 Å². The summed E-state index contributed by atoms with van der Waals surface area (Å²) in [5.41, 5.74) is 1.07. The fourth-order valence-electron chi connectivity index (χ4n) is 1.49. The van der Waals surface area contributed by atoms with Gasteiger partial charge in [-0.25, -0.2) is 0 Å². The maximum absolute atomic E-state index is 11.6. The first-order valence-electron chi connectivity index (χ1n) is 6.01. The molecule has 0 aromatic heterocycles. The van der Waals surface area contributed by atoms with Gasteiger partial charge in [0.2, 0.25) is 5.91 Å². The number of hydrogen-bond acceptors (Lipinski definition) is 2. The van der Waals surface area contributed by atoms with Crippen LogP contribution in [0.4, 0.5) is 0 Å². The van der Waals surface area contributed by atoms with Crippen molar-refractivity contribution in [1.82, 2.24) is 5.32 Å². The van der Waals surface area contributed by atoms with Gasteiger partial charge in [-0.1, -0.05) is 26.0 Å². The van der Waals surface area contributed by atoms with Crippen molar-refractivity contribution in [2.24, 2.45) is 5.92 Å². The maximum Gasteiger partial charge on any atom is 0.224 e. The normalized spacial score (nSPS) is 10.6. The molecule has 2 nitrogen and oxygen atoms in total. The molecule has 0 atom stereocenters. The number of amides is 1. The predicted octanol–water partition coefficient (Wildman–Crippen LogP) is 3.11. The molecule has 0 radical (unpaired) electrons. The number of rotatable bonds is 6. The smallest absolute Gasteiger partial charge is 0.224 e. The van der Waals surface area contributed by atoms with Crippen LogP contribution < -0.4 is 5.32 Å². The fraction of sp³-hybridized carbons (Fsp3) is 0.500. The van der Waals surface area contributed by atoms with Crippen molar-refractivity contribution in [2.45, 2.75) is 31.6 Å². The van der Waals surface area contributed by atoms with Gasteiger partial charge in [-0.2, -0.15) is 0 Å². The van der Waals surface area contributed by atoms with E-state index in [-0.39, 0.29) is 5.91 Å². The molecule has 0 fully saturated rings. The Balaban J connectivity index is 2.34. The van der Waals surface area contributed by atoms with Crippen LogP contribution in [0.3, 0.4) is 0 Å². The predicted molar refractivity (Wildman–Crippen MR) is 74.4 cm³/mol. The van der Waals surface area contributed by atoms with Gasteiger partial charge in [0.05, 0.1) is 6.42 Å². The zero-order chi connectivity index (χ0) is 12.7. The van der Waals surface area contributed by atoms with Crippen molar-refractivity contribution in [3.63, 3.8) is 0 Å². The third kappa shape index (κ3) is 5.78. The Labute approximate surface area is 108 Å². The molecule has 1 aromatic rings. The topological polar surface area (TPSA) is 29.1 Å². The first-order valence-corrected chi connectivity index (χ1v) is 7.24. The van der Waals surface area contributed by atoms with Crippen LogP contribution in [0.25, 0.3) is 0 Å². The van der Waals surface area contributed by atoms with E-state index in [9.17, 15) is 4.79 Å². The molecule has 1 rings (SSSR count). The molecular weight excluding hydrogens is 230 g/mol. The van der Waals surface area contributed by atoms with E-state index in [1.807, 2.05) is 18.4 Å². The monoisotopic (exact) mass is 251 g/mol. The molecule has 0 saturated carbocycles. The van der Waals surface area contributed by atoms with E-state index in [0.29, 0.717) is 12.3 Å². The summed E-state index contributed by atoms with van der Waals surface area (Å²) in [6.07, 6.45) is 3.57. The molecule has 0 aliphatic rings. The minimum atomic E-state index is 0.113. The molecule has 0 bridgehead atoms. The second-order valence-corrected chi connectivity index (χ2v) is 5.44. The van der Waals surface area contributed by atoms with Gasteiger partial charge < -0.3 is 5.32 Å². The van der Waals surface area contributed by atoms with E-state index in [1.54, 1.807) is 11.8 Å². The molecule has 17 heavy (non-hydrogen) atoms. The van der Waals surface area contributed by atoms with Crippen LogP contribution in [-0.2, 0) is 11.2 Å². The molecule has 0 saturated heterocycles. The van der Waals surface area contributed by atoms with Crippen LogP contribution in [0.15, 0.2) is 29.2 Å². The molecule has 1 aromatic carbocycles.